The number of halogens is 2. The van der Waals surface area contributed by atoms with Gasteiger partial charge in [-0.2, -0.15) is 9.61 Å². The van der Waals surface area contributed by atoms with Crippen LogP contribution in [0.4, 0.5) is 8.78 Å². The van der Waals surface area contributed by atoms with Crippen molar-refractivity contribution in [1.29, 1.82) is 0 Å². The highest BCUT2D eigenvalue weighted by Gasteiger charge is 2.20. The van der Waals surface area contributed by atoms with Crippen LogP contribution in [0.15, 0.2) is 67.9 Å². The number of hydrogen-bond acceptors (Lipinski definition) is 8. The van der Waals surface area contributed by atoms with Gasteiger partial charge in [-0.15, -0.1) is 20.4 Å². The Bertz CT molecular complexity index is 1250. The Morgan fingerprint density at radius 2 is 1.83 bits per heavy atom. The molecular formula is C17H11F2N7O2S. The Hall–Kier alpha value is -3.54. The van der Waals surface area contributed by atoms with Gasteiger partial charge in [-0.05, 0) is 48.2 Å². The molecule has 12 heteroatoms. The highest BCUT2D eigenvalue weighted by molar-refractivity contribution is 7.99. The van der Waals surface area contributed by atoms with Crippen molar-refractivity contribution in [2.24, 2.45) is 0 Å². The van der Waals surface area contributed by atoms with Gasteiger partial charge in [0, 0.05) is 0 Å². The summed E-state index contributed by atoms with van der Waals surface area (Å²) in [6.07, 6.45) is 0.333. The number of hydrogen-bond donors (Lipinski definition) is 0. The standard InChI is InChI=1S/C17H11F2N7O2S/c18-14(19)16-22-20-12-5-6-13(24-26(12)16)29-17-23-21-15(11-4-2-8-28-11)25(17)9-10-3-1-7-27-10/h1-8,14H,9H2. The first kappa shape index (κ1) is 17.6. The molecule has 0 N–H and O–H groups in total. The average Bonchev–Trinajstić information content (AvgIpc) is 3.50. The zero-order chi connectivity index (χ0) is 19.8. The average molecular weight is 415 g/mol. The smallest absolute Gasteiger partial charge is 0.299 e. The van der Waals surface area contributed by atoms with E-state index in [1.54, 1.807) is 47.4 Å². The molecule has 0 saturated heterocycles. The van der Waals surface area contributed by atoms with Gasteiger partial charge in [0.25, 0.3) is 6.43 Å². The second kappa shape index (κ2) is 7.13. The lowest BCUT2D eigenvalue weighted by molar-refractivity contribution is 0.137. The van der Waals surface area contributed by atoms with Gasteiger partial charge in [-0.3, -0.25) is 4.57 Å². The maximum atomic E-state index is 13.1. The third kappa shape index (κ3) is 3.27. The molecule has 0 radical (unpaired) electrons. The summed E-state index contributed by atoms with van der Waals surface area (Å²) < 4.78 is 39.9. The summed E-state index contributed by atoms with van der Waals surface area (Å²) in [6.45, 7) is 0.357. The molecule has 29 heavy (non-hydrogen) atoms. The third-order valence-corrected chi connectivity index (χ3v) is 4.92. The number of aromatic nitrogens is 7. The maximum absolute atomic E-state index is 13.1. The Kier molecular flexibility index (Phi) is 4.31. The fraction of sp³-hybridized carbons (Fsp3) is 0.118. The van der Waals surface area contributed by atoms with Crippen molar-refractivity contribution >= 4 is 17.4 Å². The van der Waals surface area contributed by atoms with Crippen LogP contribution in [0.25, 0.3) is 17.2 Å². The van der Waals surface area contributed by atoms with Crippen molar-refractivity contribution in [3.05, 3.63) is 60.5 Å². The van der Waals surface area contributed by atoms with E-state index >= 15 is 0 Å². The largest absolute Gasteiger partial charge is 0.467 e. The van der Waals surface area contributed by atoms with E-state index in [2.05, 4.69) is 25.5 Å². The molecule has 146 valence electrons. The molecule has 0 unspecified atom stereocenters. The van der Waals surface area contributed by atoms with E-state index in [1.807, 2.05) is 6.07 Å². The summed E-state index contributed by atoms with van der Waals surface area (Å²) >= 11 is 1.17. The molecule has 0 saturated carbocycles. The number of furan rings is 2. The zero-order valence-corrected chi connectivity index (χ0v) is 15.3. The predicted octanol–water partition coefficient (Wildman–Crippen LogP) is 3.71. The minimum absolute atomic E-state index is 0.234. The lowest BCUT2D eigenvalue weighted by Crippen LogP contribution is -2.04. The van der Waals surface area contributed by atoms with Gasteiger partial charge >= 0.3 is 0 Å². The van der Waals surface area contributed by atoms with Crippen molar-refractivity contribution in [1.82, 2.24) is 34.6 Å². The SMILES string of the molecule is FC(F)c1nnc2ccc(Sc3nnc(-c4ccco4)n3Cc3ccco3)nn12. The van der Waals surface area contributed by atoms with Gasteiger partial charge in [0.1, 0.15) is 10.8 Å². The van der Waals surface area contributed by atoms with Crippen LogP contribution in [-0.2, 0) is 6.54 Å². The molecule has 5 aromatic heterocycles. The van der Waals surface area contributed by atoms with Crippen LogP contribution in [-0.4, -0.2) is 34.6 Å². The highest BCUT2D eigenvalue weighted by atomic mass is 32.2. The molecule has 0 fully saturated rings. The first-order chi connectivity index (χ1) is 14.2. The van der Waals surface area contributed by atoms with Crippen molar-refractivity contribution in [2.75, 3.05) is 0 Å². The second-order valence-corrected chi connectivity index (χ2v) is 6.84. The summed E-state index contributed by atoms with van der Waals surface area (Å²) in [5, 5.41) is 20.7. The topological polar surface area (TPSA) is 100 Å². The van der Waals surface area contributed by atoms with Crippen molar-refractivity contribution < 1.29 is 17.6 Å². The molecule has 0 atom stereocenters. The van der Waals surface area contributed by atoms with Gasteiger partial charge in [0.05, 0.1) is 19.1 Å². The molecule has 5 heterocycles. The molecule has 5 aromatic rings. The van der Waals surface area contributed by atoms with E-state index < -0.39 is 12.2 Å². The lowest BCUT2D eigenvalue weighted by Gasteiger charge is -2.07. The summed E-state index contributed by atoms with van der Waals surface area (Å²) in [5.74, 6) is 1.23. The zero-order valence-electron chi connectivity index (χ0n) is 14.5. The van der Waals surface area contributed by atoms with Gasteiger partial charge in [0.15, 0.2) is 16.6 Å². The summed E-state index contributed by atoms with van der Waals surface area (Å²) in [7, 11) is 0. The van der Waals surface area contributed by atoms with E-state index in [0.717, 1.165) is 4.52 Å². The van der Waals surface area contributed by atoms with Crippen LogP contribution >= 0.6 is 11.8 Å². The number of rotatable bonds is 6. The summed E-state index contributed by atoms with van der Waals surface area (Å²) in [5.41, 5.74) is 0.234. The van der Waals surface area contributed by atoms with Crippen LogP contribution in [0, 0.1) is 0 Å². The van der Waals surface area contributed by atoms with Crippen molar-refractivity contribution in [3.63, 3.8) is 0 Å². The minimum Gasteiger partial charge on any atom is -0.467 e. The molecule has 0 aliphatic heterocycles. The number of nitrogens with zero attached hydrogens (tertiary/aromatic N) is 7. The van der Waals surface area contributed by atoms with Crippen LogP contribution in [0.3, 0.4) is 0 Å². The van der Waals surface area contributed by atoms with Crippen molar-refractivity contribution in [3.8, 4) is 11.6 Å². The fourth-order valence-electron chi connectivity index (χ4n) is 2.73. The maximum Gasteiger partial charge on any atom is 0.299 e. The Morgan fingerprint density at radius 3 is 2.59 bits per heavy atom. The number of alkyl halides is 2. The van der Waals surface area contributed by atoms with Crippen LogP contribution in [0.1, 0.15) is 18.0 Å². The number of fused-ring (bicyclic) bond motifs is 1. The van der Waals surface area contributed by atoms with E-state index in [4.69, 9.17) is 8.83 Å². The molecule has 0 bridgehead atoms. The Morgan fingerprint density at radius 1 is 0.966 bits per heavy atom. The van der Waals surface area contributed by atoms with E-state index in [-0.39, 0.29) is 5.65 Å². The van der Waals surface area contributed by atoms with E-state index in [1.165, 1.54) is 11.8 Å². The Balaban J connectivity index is 1.54. The molecule has 0 aliphatic rings. The van der Waals surface area contributed by atoms with Crippen LogP contribution < -0.4 is 0 Å². The highest BCUT2D eigenvalue weighted by Crippen LogP contribution is 2.30. The molecule has 0 aromatic carbocycles. The summed E-state index contributed by atoms with van der Waals surface area (Å²) in [4.78, 5) is 0. The first-order valence-electron chi connectivity index (χ1n) is 8.37. The monoisotopic (exact) mass is 415 g/mol. The van der Waals surface area contributed by atoms with Gasteiger partial charge in [-0.1, -0.05) is 0 Å². The van der Waals surface area contributed by atoms with E-state index in [0.29, 0.717) is 34.1 Å². The van der Waals surface area contributed by atoms with Gasteiger partial charge in [0.2, 0.25) is 11.6 Å². The lowest BCUT2D eigenvalue weighted by atomic mass is 10.4. The van der Waals surface area contributed by atoms with Crippen LogP contribution in [0.2, 0.25) is 0 Å². The molecule has 0 amide bonds. The van der Waals surface area contributed by atoms with Crippen LogP contribution in [0.5, 0.6) is 0 Å². The minimum atomic E-state index is -2.79. The first-order valence-corrected chi connectivity index (χ1v) is 9.18. The molecule has 0 aliphatic carbocycles. The van der Waals surface area contributed by atoms with Gasteiger partial charge in [-0.25, -0.2) is 8.78 Å². The quantitative estimate of drug-likeness (QED) is 0.414. The molecule has 9 nitrogen and oxygen atoms in total. The fourth-order valence-corrected chi connectivity index (χ4v) is 3.51. The van der Waals surface area contributed by atoms with Gasteiger partial charge < -0.3 is 8.83 Å². The van der Waals surface area contributed by atoms with E-state index in [9.17, 15) is 8.78 Å². The molecule has 5 rings (SSSR count). The Labute approximate surface area is 165 Å². The second-order valence-electron chi connectivity index (χ2n) is 5.85. The predicted molar refractivity (Wildman–Crippen MR) is 95.4 cm³/mol. The molecular weight excluding hydrogens is 404 g/mol. The normalized spacial score (nSPS) is 11.7. The third-order valence-electron chi connectivity index (χ3n) is 4.01. The van der Waals surface area contributed by atoms with Crippen molar-refractivity contribution in [2.45, 2.75) is 23.2 Å². The summed E-state index contributed by atoms with van der Waals surface area (Å²) in [6, 6.07) is 10.4. The molecule has 0 spiro atoms.